The van der Waals surface area contributed by atoms with Crippen molar-refractivity contribution in [1.29, 1.82) is 5.41 Å². The number of ether oxygens (including phenoxy) is 1. The Balaban J connectivity index is 1.90. The first-order valence-electron chi connectivity index (χ1n) is 11.0. The van der Waals surface area contributed by atoms with E-state index in [2.05, 4.69) is 5.32 Å². The summed E-state index contributed by atoms with van der Waals surface area (Å²) in [6.45, 7) is 4.60. The normalized spacial score (nSPS) is 10.7. The van der Waals surface area contributed by atoms with Crippen LogP contribution >= 0.6 is 11.8 Å². The van der Waals surface area contributed by atoms with Crippen molar-refractivity contribution in [2.75, 3.05) is 13.7 Å². The van der Waals surface area contributed by atoms with E-state index in [4.69, 9.17) is 15.9 Å². The number of amides is 1. The molecule has 0 aliphatic rings. The van der Waals surface area contributed by atoms with Crippen molar-refractivity contribution in [2.24, 2.45) is 11.7 Å². The van der Waals surface area contributed by atoms with Gasteiger partial charge in [-0.05, 0) is 46.9 Å². The van der Waals surface area contributed by atoms with Crippen molar-refractivity contribution in [1.82, 2.24) is 5.32 Å². The lowest BCUT2D eigenvalue weighted by Crippen LogP contribution is -2.27. The molecular formula is C27H29N3O3S. The van der Waals surface area contributed by atoms with Gasteiger partial charge in [0.15, 0.2) is 0 Å². The quantitative estimate of drug-likeness (QED) is 0.173. The zero-order chi connectivity index (χ0) is 24.7. The molecule has 3 aromatic carbocycles. The van der Waals surface area contributed by atoms with Gasteiger partial charge in [-0.2, -0.15) is 0 Å². The average molecular weight is 476 g/mol. The maximum atomic E-state index is 12.6. The van der Waals surface area contributed by atoms with Crippen LogP contribution in [0.5, 0.6) is 0 Å². The number of methoxy groups -OCH3 is 1. The van der Waals surface area contributed by atoms with Gasteiger partial charge in [0.05, 0.1) is 12.7 Å². The molecule has 3 rings (SSSR count). The van der Waals surface area contributed by atoms with Crippen LogP contribution in [0.1, 0.15) is 45.7 Å². The van der Waals surface area contributed by atoms with E-state index < -0.39 is 5.97 Å². The molecule has 0 saturated heterocycles. The van der Waals surface area contributed by atoms with Gasteiger partial charge in [0.25, 0.3) is 5.91 Å². The second-order valence-corrected chi connectivity index (χ2v) is 9.29. The first kappa shape index (κ1) is 25.1. The maximum absolute atomic E-state index is 12.6. The molecule has 0 unspecified atom stereocenters. The molecule has 0 aliphatic heterocycles. The lowest BCUT2D eigenvalue weighted by atomic mass is 9.94. The van der Waals surface area contributed by atoms with E-state index in [-0.39, 0.29) is 11.7 Å². The number of nitrogen functional groups attached to an aromatic ring is 1. The Morgan fingerprint density at radius 2 is 1.68 bits per heavy atom. The van der Waals surface area contributed by atoms with E-state index >= 15 is 0 Å². The Kier molecular flexibility index (Phi) is 8.49. The number of rotatable bonds is 9. The van der Waals surface area contributed by atoms with E-state index in [1.54, 1.807) is 23.9 Å². The highest BCUT2D eigenvalue weighted by molar-refractivity contribution is 7.98. The molecule has 7 heteroatoms. The summed E-state index contributed by atoms with van der Waals surface area (Å²) in [6.07, 6.45) is 0. The number of hydrogen-bond acceptors (Lipinski definition) is 5. The molecular weight excluding hydrogens is 446 g/mol. The van der Waals surface area contributed by atoms with Gasteiger partial charge < -0.3 is 15.8 Å². The molecule has 0 aliphatic carbocycles. The summed E-state index contributed by atoms with van der Waals surface area (Å²) < 4.78 is 5.03. The fourth-order valence-corrected chi connectivity index (χ4v) is 4.30. The fraction of sp³-hybridized carbons (Fsp3) is 0.222. The molecule has 6 nitrogen and oxygen atoms in total. The first-order chi connectivity index (χ1) is 16.3. The van der Waals surface area contributed by atoms with E-state index in [9.17, 15) is 9.59 Å². The van der Waals surface area contributed by atoms with Crippen LogP contribution in [0.15, 0.2) is 71.6 Å². The SMILES string of the molecule is COC(=O)c1cc(C(=O)NCC(C)C)ccc1-c1ccccc1CSc1ccc(C(=N)N)cc1. The Morgan fingerprint density at radius 3 is 2.32 bits per heavy atom. The predicted molar refractivity (Wildman–Crippen MR) is 137 cm³/mol. The molecule has 3 aromatic rings. The third-order valence-electron chi connectivity index (χ3n) is 5.23. The van der Waals surface area contributed by atoms with Crippen LogP contribution in [0, 0.1) is 11.3 Å². The van der Waals surface area contributed by atoms with Crippen molar-refractivity contribution < 1.29 is 14.3 Å². The highest BCUT2D eigenvalue weighted by Gasteiger charge is 2.19. The molecule has 176 valence electrons. The van der Waals surface area contributed by atoms with Crippen molar-refractivity contribution in [3.8, 4) is 11.1 Å². The minimum Gasteiger partial charge on any atom is -0.465 e. The summed E-state index contributed by atoms with van der Waals surface area (Å²) in [7, 11) is 1.34. The Morgan fingerprint density at radius 1 is 1.00 bits per heavy atom. The Bertz CT molecular complexity index is 1190. The van der Waals surface area contributed by atoms with Gasteiger partial charge in [0, 0.05) is 28.3 Å². The largest absolute Gasteiger partial charge is 0.465 e. The summed E-state index contributed by atoms with van der Waals surface area (Å²) >= 11 is 1.65. The molecule has 0 spiro atoms. The average Bonchev–Trinajstić information content (AvgIpc) is 2.85. The number of esters is 1. The van der Waals surface area contributed by atoms with Crippen LogP contribution in [-0.4, -0.2) is 31.4 Å². The van der Waals surface area contributed by atoms with Crippen LogP contribution in [-0.2, 0) is 10.5 Å². The van der Waals surface area contributed by atoms with E-state index in [0.29, 0.717) is 34.9 Å². The van der Waals surface area contributed by atoms with Gasteiger partial charge in [-0.25, -0.2) is 4.79 Å². The monoisotopic (exact) mass is 475 g/mol. The summed E-state index contributed by atoms with van der Waals surface area (Å²) in [5.74, 6) is 0.330. The molecule has 1 amide bonds. The minimum atomic E-state index is -0.490. The number of carbonyl (C=O) groups is 2. The molecule has 4 N–H and O–H groups in total. The van der Waals surface area contributed by atoms with E-state index in [1.165, 1.54) is 7.11 Å². The van der Waals surface area contributed by atoms with Crippen molar-refractivity contribution in [3.63, 3.8) is 0 Å². The summed E-state index contributed by atoms with van der Waals surface area (Å²) in [5.41, 5.74) is 9.66. The summed E-state index contributed by atoms with van der Waals surface area (Å²) in [4.78, 5) is 26.3. The number of benzene rings is 3. The lowest BCUT2D eigenvalue weighted by Gasteiger charge is -2.15. The Labute approximate surface area is 204 Å². The summed E-state index contributed by atoms with van der Waals surface area (Å²) in [5, 5.41) is 10.4. The highest BCUT2D eigenvalue weighted by Crippen LogP contribution is 2.33. The number of carbonyl (C=O) groups excluding carboxylic acids is 2. The lowest BCUT2D eigenvalue weighted by molar-refractivity contribution is 0.0601. The number of hydrogen-bond donors (Lipinski definition) is 3. The molecule has 0 saturated carbocycles. The van der Waals surface area contributed by atoms with Gasteiger partial charge >= 0.3 is 5.97 Å². The predicted octanol–water partition coefficient (Wildman–Crippen LogP) is 5.10. The van der Waals surface area contributed by atoms with Gasteiger partial charge in [0.2, 0.25) is 0 Å². The number of nitrogens with one attached hydrogen (secondary N) is 2. The minimum absolute atomic E-state index is 0.0403. The van der Waals surface area contributed by atoms with Crippen molar-refractivity contribution in [2.45, 2.75) is 24.5 Å². The van der Waals surface area contributed by atoms with Crippen molar-refractivity contribution >= 4 is 29.5 Å². The first-order valence-corrected chi connectivity index (χ1v) is 11.9. The van der Waals surface area contributed by atoms with E-state index in [0.717, 1.165) is 21.6 Å². The Hall–Kier alpha value is -3.58. The van der Waals surface area contributed by atoms with Gasteiger partial charge in [-0.15, -0.1) is 11.8 Å². The standard InChI is InChI=1S/C27H29N3O3S/c1-17(2)15-30-26(31)19-10-13-23(24(14-19)27(32)33-3)22-7-5-4-6-20(22)16-34-21-11-8-18(9-12-21)25(28)29/h4-14,17H,15-16H2,1-3H3,(H3,28,29)(H,30,31). The van der Waals surface area contributed by atoms with Gasteiger partial charge in [0.1, 0.15) is 5.84 Å². The second kappa shape index (κ2) is 11.5. The van der Waals surface area contributed by atoms with Crippen LogP contribution in [0.4, 0.5) is 0 Å². The van der Waals surface area contributed by atoms with Crippen LogP contribution in [0.2, 0.25) is 0 Å². The molecule has 0 radical (unpaired) electrons. The van der Waals surface area contributed by atoms with E-state index in [1.807, 2.05) is 68.4 Å². The van der Waals surface area contributed by atoms with Crippen LogP contribution < -0.4 is 11.1 Å². The molecule has 0 fully saturated rings. The number of thioether (sulfide) groups is 1. The van der Waals surface area contributed by atoms with Gasteiger partial charge in [-0.1, -0.05) is 56.3 Å². The molecule has 0 atom stereocenters. The zero-order valence-corrected chi connectivity index (χ0v) is 20.4. The molecule has 0 aromatic heterocycles. The second-order valence-electron chi connectivity index (χ2n) is 8.24. The maximum Gasteiger partial charge on any atom is 0.338 e. The highest BCUT2D eigenvalue weighted by atomic mass is 32.2. The number of nitrogens with two attached hydrogens (primary N) is 1. The van der Waals surface area contributed by atoms with Crippen LogP contribution in [0.3, 0.4) is 0 Å². The number of amidine groups is 1. The zero-order valence-electron chi connectivity index (χ0n) is 19.6. The third kappa shape index (κ3) is 6.26. The smallest absolute Gasteiger partial charge is 0.338 e. The third-order valence-corrected chi connectivity index (χ3v) is 6.29. The molecule has 34 heavy (non-hydrogen) atoms. The summed E-state index contributed by atoms with van der Waals surface area (Å²) in [6, 6.07) is 20.6. The topological polar surface area (TPSA) is 105 Å². The molecule has 0 bridgehead atoms. The molecule has 0 heterocycles. The van der Waals surface area contributed by atoms with Gasteiger partial charge in [-0.3, -0.25) is 10.2 Å². The van der Waals surface area contributed by atoms with Crippen LogP contribution in [0.25, 0.3) is 11.1 Å². The van der Waals surface area contributed by atoms with Crippen molar-refractivity contribution in [3.05, 3.63) is 89.0 Å². The fourth-order valence-electron chi connectivity index (χ4n) is 3.40.